The Morgan fingerprint density at radius 3 is 2.50 bits per heavy atom. The van der Waals surface area contributed by atoms with Crippen molar-refractivity contribution in [1.82, 2.24) is 15.1 Å². The number of benzene rings is 1. The lowest BCUT2D eigenvalue weighted by molar-refractivity contribution is 0.111. The quantitative estimate of drug-likeness (QED) is 0.918. The van der Waals surface area contributed by atoms with Crippen LogP contribution in [0.25, 0.3) is 0 Å². The lowest BCUT2D eigenvalue weighted by atomic mass is 10.0. The molecule has 2 saturated heterocycles. The lowest BCUT2D eigenvalue weighted by Gasteiger charge is -2.39. The molecule has 0 amide bonds. The van der Waals surface area contributed by atoms with Crippen molar-refractivity contribution >= 4 is 11.6 Å². The van der Waals surface area contributed by atoms with Crippen molar-refractivity contribution in [3.05, 3.63) is 34.6 Å². The van der Waals surface area contributed by atoms with Crippen LogP contribution in [0.15, 0.2) is 18.2 Å². The van der Waals surface area contributed by atoms with Crippen molar-refractivity contribution in [3.8, 4) is 0 Å². The molecule has 1 atom stereocenters. The zero-order chi connectivity index (χ0) is 15.4. The van der Waals surface area contributed by atoms with Crippen molar-refractivity contribution in [2.45, 2.75) is 25.3 Å². The van der Waals surface area contributed by atoms with Gasteiger partial charge in [0.25, 0.3) is 0 Å². The Labute approximate surface area is 137 Å². The van der Waals surface area contributed by atoms with Gasteiger partial charge in [0.2, 0.25) is 0 Å². The summed E-state index contributed by atoms with van der Waals surface area (Å²) >= 11 is 6.36. The van der Waals surface area contributed by atoms with Crippen LogP contribution in [-0.4, -0.2) is 55.6 Å². The van der Waals surface area contributed by atoms with Crippen LogP contribution in [0, 0.1) is 5.82 Å². The molecular weight excluding hydrogens is 301 g/mol. The highest BCUT2D eigenvalue weighted by Crippen LogP contribution is 2.31. The minimum atomic E-state index is -0.173. The molecule has 1 aromatic rings. The van der Waals surface area contributed by atoms with Gasteiger partial charge in [-0.25, -0.2) is 4.39 Å². The lowest BCUT2D eigenvalue weighted by Crippen LogP contribution is -2.48. The Bertz CT molecular complexity index is 465. The number of piperidine rings is 1. The maximum atomic E-state index is 14.5. The molecular formula is C17H25ClFN3. The van der Waals surface area contributed by atoms with Gasteiger partial charge in [-0.05, 0) is 38.1 Å². The molecule has 2 aliphatic rings. The average molecular weight is 326 g/mol. The molecule has 0 aromatic heterocycles. The summed E-state index contributed by atoms with van der Waals surface area (Å²) in [5.41, 5.74) is 0.677. The van der Waals surface area contributed by atoms with E-state index in [9.17, 15) is 4.39 Å². The molecule has 1 unspecified atom stereocenters. The standard InChI is InChI=1S/C17H25ClFN3/c18-14-5-4-6-15(19)17(14)16(22-11-7-20-8-12-22)13-21-9-2-1-3-10-21/h4-6,16,20H,1-3,7-13H2. The second-order valence-corrected chi connectivity index (χ2v) is 6.71. The monoisotopic (exact) mass is 325 g/mol. The van der Waals surface area contributed by atoms with Gasteiger partial charge in [-0.3, -0.25) is 4.90 Å². The summed E-state index contributed by atoms with van der Waals surface area (Å²) in [6.07, 6.45) is 3.81. The highest BCUT2D eigenvalue weighted by atomic mass is 35.5. The van der Waals surface area contributed by atoms with Crippen LogP contribution in [0.2, 0.25) is 5.02 Å². The van der Waals surface area contributed by atoms with Crippen LogP contribution in [0.1, 0.15) is 30.9 Å². The van der Waals surface area contributed by atoms with Crippen LogP contribution < -0.4 is 5.32 Å². The zero-order valence-corrected chi connectivity index (χ0v) is 13.8. The van der Waals surface area contributed by atoms with Crippen molar-refractivity contribution in [2.75, 3.05) is 45.8 Å². The molecule has 122 valence electrons. The molecule has 2 heterocycles. The second kappa shape index (κ2) is 7.73. The average Bonchev–Trinajstić information content (AvgIpc) is 2.55. The number of rotatable bonds is 4. The number of likely N-dealkylation sites (tertiary alicyclic amines) is 1. The van der Waals surface area contributed by atoms with E-state index in [-0.39, 0.29) is 11.9 Å². The van der Waals surface area contributed by atoms with Crippen LogP contribution >= 0.6 is 11.6 Å². The number of nitrogens with zero attached hydrogens (tertiary/aromatic N) is 2. The molecule has 22 heavy (non-hydrogen) atoms. The van der Waals surface area contributed by atoms with Gasteiger partial charge in [0.05, 0.1) is 6.04 Å². The third kappa shape index (κ3) is 3.80. The van der Waals surface area contributed by atoms with E-state index in [4.69, 9.17) is 11.6 Å². The van der Waals surface area contributed by atoms with Gasteiger partial charge in [-0.2, -0.15) is 0 Å². The molecule has 5 heteroatoms. The molecule has 0 aliphatic carbocycles. The van der Waals surface area contributed by atoms with Crippen LogP contribution in [-0.2, 0) is 0 Å². The smallest absolute Gasteiger partial charge is 0.129 e. The maximum Gasteiger partial charge on any atom is 0.129 e. The van der Waals surface area contributed by atoms with Crippen molar-refractivity contribution in [3.63, 3.8) is 0 Å². The summed E-state index contributed by atoms with van der Waals surface area (Å²) in [6.45, 7) is 6.93. The summed E-state index contributed by atoms with van der Waals surface area (Å²) in [5.74, 6) is -0.173. The van der Waals surface area contributed by atoms with E-state index in [1.54, 1.807) is 6.07 Å². The van der Waals surface area contributed by atoms with E-state index in [1.807, 2.05) is 6.07 Å². The van der Waals surface area contributed by atoms with E-state index in [0.717, 1.165) is 45.8 Å². The highest BCUT2D eigenvalue weighted by Gasteiger charge is 2.28. The summed E-state index contributed by atoms with van der Waals surface area (Å²) in [7, 11) is 0. The van der Waals surface area contributed by atoms with Gasteiger partial charge in [0, 0.05) is 43.3 Å². The second-order valence-electron chi connectivity index (χ2n) is 6.30. The fourth-order valence-electron chi connectivity index (χ4n) is 3.60. The number of hydrogen-bond acceptors (Lipinski definition) is 3. The van der Waals surface area contributed by atoms with E-state index >= 15 is 0 Å². The number of nitrogens with one attached hydrogen (secondary N) is 1. The first kappa shape index (κ1) is 16.2. The van der Waals surface area contributed by atoms with E-state index < -0.39 is 0 Å². The Hall–Kier alpha value is -0.680. The third-order valence-corrected chi connectivity index (χ3v) is 5.13. The first-order chi connectivity index (χ1) is 10.8. The molecule has 1 aromatic carbocycles. The topological polar surface area (TPSA) is 18.5 Å². The van der Waals surface area contributed by atoms with Crippen molar-refractivity contribution < 1.29 is 4.39 Å². The Balaban J connectivity index is 1.84. The molecule has 0 radical (unpaired) electrons. The number of piperazine rings is 1. The highest BCUT2D eigenvalue weighted by molar-refractivity contribution is 6.31. The van der Waals surface area contributed by atoms with Gasteiger partial charge in [-0.1, -0.05) is 24.1 Å². The van der Waals surface area contributed by atoms with Crippen molar-refractivity contribution in [2.24, 2.45) is 0 Å². The number of halogens is 2. The van der Waals surface area contributed by atoms with Gasteiger partial charge in [0.15, 0.2) is 0 Å². The zero-order valence-electron chi connectivity index (χ0n) is 13.0. The molecule has 0 bridgehead atoms. The minimum Gasteiger partial charge on any atom is -0.314 e. The van der Waals surface area contributed by atoms with Crippen LogP contribution in [0.3, 0.4) is 0 Å². The van der Waals surface area contributed by atoms with E-state index in [2.05, 4.69) is 15.1 Å². The summed E-state index contributed by atoms with van der Waals surface area (Å²) in [4.78, 5) is 4.86. The molecule has 0 saturated carbocycles. The molecule has 2 fully saturated rings. The Morgan fingerprint density at radius 1 is 1.09 bits per heavy atom. The number of hydrogen-bond donors (Lipinski definition) is 1. The van der Waals surface area contributed by atoms with Crippen LogP contribution in [0.5, 0.6) is 0 Å². The van der Waals surface area contributed by atoms with E-state index in [1.165, 1.54) is 25.3 Å². The van der Waals surface area contributed by atoms with Gasteiger partial charge < -0.3 is 10.2 Å². The van der Waals surface area contributed by atoms with Gasteiger partial charge in [0.1, 0.15) is 5.82 Å². The fraction of sp³-hybridized carbons (Fsp3) is 0.647. The molecule has 0 spiro atoms. The molecule has 3 rings (SSSR count). The summed E-state index contributed by atoms with van der Waals surface area (Å²) in [5, 5.41) is 3.93. The normalized spacial score (nSPS) is 22.6. The molecule has 3 nitrogen and oxygen atoms in total. The minimum absolute atomic E-state index is 0.0499. The first-order valence-electron chi connectivity index (χ1n) is 8.37. The predicted octanol–water partition coefficient (Wildman–Crippen LogP) is 2.91. The maximum absolute atomic E-state index is 14.5. The summed E-state index contributed by atoms with van der Waals surface area (Å²) in [6, 6.07) is 5.09. The Kier molecular flexibility index (Phi) is 5.69. The molecule has 1 N–H and O–H groups in total. The largest absolute Gasteiger partial charge is 0.314 e. The van der Waals surface area contributed by atoms with E-state index in [0.29, 0.717) is 10.6 Å². The predicted molar refractivity (Wildman–Crippen MR) is 88.9 cm³/mol. The van der Waals surface area contributed by atoms with Gasteiger partial charge >= 0.3 is 0 Å². The van der Waals surface area contributed by atoms with Crippen LogP contribution in [0.4, 0.5) is 4.39 Å². The third-order valence-electron chi connectivity index (χ3n) is 4.81. The van der Waals surface area contributed by atoms with Gasteiger partial charge in [-0.15, -0.1) is 0 Å². The first-order valence-corrected chi connectivity index (χ1v) is 8.74. The Morgan fingerprint density at radius 2 is 1.82 bits per heavy atom. The summed E-state index contributed by atoms with van der Waals surface area (Å²) < 4.78 is 14.5. The fourth-order valence-corrected chi connectivity index (χ4v) is 3.89. The molecule has 2 aliphatic heterocycles. The SMILES string of the molecule is Fc1cccc(Cl)c1C(CN1CCCCC1)N1CCNCC1. The van der Waals surface area contributed by atoms with Crippen molar-refractivity contribution in [1.29, 1.82) is 0 Å².